The number of nitrogens with two attached hydrogens (primary N) is 1. The van der Waals surface area contributed by atoms with E-state index >= 15 is 0 Å². The summed E-state index contributed by atoms with van der Waals surface area (Å²) in [7, 11) is 0. The van der Waals surface area contributed by atoms with Crippen LogP contribution in [-0.4, -0.2) is 26.9 Å². The molecule has 0 aromatic carbocycles. The van der Waals surface area contributed by atoms with Crippen molar-refractivity contribution in [1.82, 2.24) is 9.78 Å². The Morgan fingerprint density at radius 1 is 1.56 bits per heavy atom. The Kier molecular flexibility index (Phi) is 3.38. The van der Waals surface area contributed by atoms with Crippen LogP contribution in [0.1, 0.15) is 39.4 Å². The molecule has 16 heavy (non-hydrogen) atoms. The highest BCUT2D eigenvalue weighted by Gasteiger charge is 2.36. The summed E-state index contributed by atoms with van der Waals surface area (Å²) in [6.07, 6.45) is 1.67. The van der Waals surface area contributed by atoms with E-state index in [0.717, 1.165) is 5.69 Å². The topological polar surface area (TPSA) is 81.1 Å². The average Bonchev–Trinajstić information content (AvgIpc) is 2.65. The number of carboxylic acid groups (broad SMARTS) is 1. The van der Waals surface area contributed by atoms with Crippen LogP contribution in [0, 0.1) is 0 Å². The normalized spacial score (nSPS) is 14.1. The molecule has 0 bridgehead atoms. The summed E-state index contributed by atoms with van der Waals surface area (Å²) in [5.74, 6) is -0.999. The lowest BCUT2D eigenvalue weighted by Gasteiger charge is -2.30. The van der Waals surface area contributed by atoms with E-state index in [9.17, 15) is 4.79 Å². The van der Waals surface area contributed by atoms with Gasteiger partial charge in [0, 0.05) is 23.3 Å². The Morgan fingerprint density at radius 2 is 2.12 bits per heavy atom. The minimum Gasteiger partial charge on any atom is -0.480 e. The number of aromatic nitrogens is 2. The number of aliphatic carboxylic acids is 1. The molecule has 5 nitrogen and oxygen atoms in total. The van der Waals surface area contributed by atoms with Gasteiger partial charge in [-0.3, -0.25) is 9.48 Å². The molecular weight excluding hydrogens is 206 g/mol. The fourth-order valence-corrected chi connectivity index (χ4v) is 1.70. The summed E-state index contributed by atoms with van der Waals surface area (Å²) in [5, 5.41) is 13.2. The van der Waals surface area contributed by atoms with Crippen molar-refractivity contribution in [3.8, 4) is 0 Å². The van der Waals surface area contributed by atoms with E-state index in [-0.39, 0.29) is 6.04 Å². The number of hydrogen-bond donors (Lipinski definition) is 2. The molecule has 1 aromatic heterocycles. The lowest BCUT2D eigenvalue weighted by Crippen LogP contribution is -2.48. The van der Waals surface area contributed by atoms with E-state index in [1.807, 2.05) is 38.4 Å². The molecule has 0 aliphatic heterocycles. The maximum Gasteiger partial charge on any atom is 0.321 e. The number of carboxylic acids is 1. The van der Waals surface area contributed by atoms with Gasteiger partial charge in [-0.2, -0.15) is 5.10 Å². The molecular formula is C11H19N3O2. The second-order valence-corrected chi connectivity index (χ2v) is 4.79. The molecule has 0 aliphatic carbocycles. The summed E-state index contributed by atoms with van der Waals surface area (Å²) in [6, 6.07) is 1.06. The van der Waals surface area contributed by atoms with Crippen molar-refractivity contribution in [1.29, 1.82) is 0 Å². The van der Waals surface area contributed by atoms with Gasteiger partial charge in [-0.15, -0.1) is 0 Å². The third kappa shape index (κ3) is 2.09. The van der Waals surface area contributed by atoms with Gasteiger partial charge in [-0.25, -0.2) is 0 Å². The first kappa shape index (κ1) is 12.7. The van der Waals surface area contributed by atoms with E-state index in [0.29, 0.717) is 0 Å². The van der Waals surface area contributed by atoms with E-state index < -0.39 is 17.4 Å². The van der Waals surface area contributed by atoms with Crippen LogP contribution in [0.4, 0.5) is 0 Å². The molecule has 0 spiro atoms. The zero-order chi connectivity index (χ0) is 12.5. The van der Waals surface area contributed by atoms with E-state index in [4.69, 9.17) is 10.8 Å². The molecule has 0 saturated heterocycles. The molecule has 0 radical (unpaired) electrons. The molecule has 3 N–H and O–H groups in total. The molecule has 0 saturated carbocycles. The van der Waals surface area contributed by atoms with Crippen molar-refractivity contribution in [2.45, 2.75) is 45.2 Å². The molecule has 1 heterocycles. The Morgan fingerprint density at radius 3 is 2.56 bits per heavy atom. The van der Waals surface area contributed by atoms with Gasteiger partial charge in [0.25, 0.3) is 0 Å². The van der Waals surface area contributed by atoms with E-state index in [1.165, 1.54) is 0 Å². The van der Waals surface area contributed by atoms with Gasteiger partial charge in [-0.1, -0.05) is 13.8 Å². The standard InChI is InChI=1S/C11H19N3O2/c1-7(2)14-8(5-6-13-14)11(3,4)9(12)10(15)16/h5-7,9H,12H2,1-4H3,(H,15,16). The zero-order valence-corrected chi connectivity index (χ0v) is 10.1. The minimum absolute atomic E-state index is 0.185. The smallest absolute Gasteiger partial charge is 0.321 e. The second kappa shape index (κ2) is 4.25. The Bertz CT molecular complexity index is 382. The van der Waals surface area contributed by atoms with Crippen molar-refractivity contribution < 1.29 is 9.90 Å². The van der Waals surface area contributed by atoms with Crippen molar-refractivity contribution in [3.05, 3.63) is 18.0 Å². The highest BCUT2D eigenvalue weighted by molar-refractivity contribution is 5.75. The molecule has 1 aromatic rings. The molecule has 1 atom stereocenters. The Labute approximate surface area is 95.3 Å². The molecule has 1 unspecified atom stereocenters. The maximum absolute atomic E-state index is 11.0. The highest BCUT2D eigenvalue weighted by atomic mass is 16.4. The van der Waals surface area contributed by atoms with Crippen LogP contribution in [0.25, 0.3) is 0 Å². The summed E-state index contributed by atoms with van der Waals surface area (Å²) in [5.41, 5.74) is 5.91. The largest absolute Gasteiger partial charge is 0.480 e. The fraction of sp³-hybridized carbons (Fsp3) is 0.636. The van der Waals surface area contributed by atoms with Crippen molar-refractivity contribution in [3.63, 3.8) is 0 Å². The van der Waals surface area contributed by atoms with Crippen LogP contribution in [-0.2, 0) is 10.2 Å². The minimum atomic E-state index is -0.999. The number of hydrogen-bond acceptors (Lipinski definition) is 3. The third-order valence-electron chi connectivity index (χ3n) is 2.86. The van der Waals surface area contributed by atoms with Crippen LogP contribution in [0.5, 0.6) is 0 Å². The van der Waals surface area contributed by atoms with Crippen LogP contribution in [0.3, 0.4) is 0 Å². The van der Waals surface area contributed by atoms with E-state index in [2.05, 4.69) is 5.10 Å². The van der Waals surface area contributed by atoms with Gasteiger partial charge in [0.15, 0.2) is 0 Å². The van der Waals surface area contributed by atoms with E-state index in [1.54, 1.807) is 6.20 Å². The van der Waals surface area contributed by atoms with Crippen LogP contribution in [0.2, 0.25) is 0 Å². The monoisotopic (exact) mass is 225 g/mol. The second-order valence-electron chi connectivity index (χ2n) is 4.79. The van der Waals surface area contributed by atoms with Gasteiger partial charge in [0.1, 0.15) is 6.04 Å². The van der Waals surface area contributed by atoms with Gasteiger partial charge >= 0.3 is 5.97 Å². The summed E-state index contributed by atoms with van der Waals surface area (Å²) in [4.78, 5) is 11.0. The number of carbonyl (C=O) groups is 1. The lowest BCUT2D eigenvalue weighted by atomic mass is 9.81. The van der Waals surface area contributed by atoms with Crippen LogP contribution in [0.15, 0.2) is 12.3 Å². The summed E-state index contributed by atoms with van der Waals surface area (Å²) < 4.78 is 1.81. The predicted octanol–water partition coefficient (Wildman–Crippen LogP) is 1.15. The maximum atomic E-state index is 11.0. The molecule has 1 rings (SSSR count). The van der Waals surface area contributed by atoms with Gasteiger partial charge < -0.3 is 10.8 Å². The van der Waals surface area contributed by atoms with Gasteiger partial charge in [-0.05, 0) is 19.9 Å². The highest BCUT2D eigenvalue weighted by Crippen LogP contribution is 2.27. The third-order valence-corrected chi connectivity index (χ3v) is 2.86. The van der Waals surface area contributed by atoms with Crippen molar-refractivity contribution in [2.24, 2.45) is 5.73 Å². The first-order valence-corrected chi connectivity index (χ1v) is 5.31. The quantitative estimate of drug-likeness (QED) is 0.805. The molecule has 0 amide bonds. The first-order valence-electron chi connectivity index (χ1n) is 5.31. The summed E-state index contributed by atoms with van der Waals surface area (Å²) >= 11 is 0. The molecule has 90 valence electrons. The SMILES string of the molecule is CC(C)n1nccc1C(C)(C)C(N)C(=O)O. The summed E-state index contributed by atoms with van der Waals surface area (Å²) in [6.45, 7) is 7.64. The van der Waals surface area contributed by atoms with Crippen LogP contribution >= 0.6 is 0 Å². The van der Waals surface area contributed by atoms with Gasteiger partial charge in [0.2, 0.25) is 0 Å². The molecule has 5 heteroatoms. The van der Waals surface area contributed by atoms with Crippen molar-refractivity contribution >= 4 is 5.97 Å². The first-order chi connectivity index (χ1) is 7.28. The van der Waals surface area contributed by atoms with Gasteiger partial charge in [0.05, 0.1) is 0 Å². The predicted molar refractivity (Wildman–Crippen MR) is 61.2 cm³/mol. The zero-order valence-electron chi connectivity index (χ0n) is 10.1. The van der Waals surface area contributed by atoms with Crippen molar-refractivity contribution in [2.75, 3.05) is 0 Å². The molecule has 0 fully saturated rings. The fourth-order valence-electron chi connectivity index (χ4n) is 1.70. The average molecular weight is 225 g/mol. The number of rotatable bonds is 4. The Hall–Kier alpha value is -1.36. The number of nitrogens with zero attached hydrogens (tertiary/aromatic N) is 2. The lowest BCUT2D eigenvalue weighted by molar-refractivity contribution is -0.140. The molecule has 0 aliphatic rings. The van der Waals surface area contributed by atoms with Crippen LogP contribution < -0.4 is 5.73 Å². The Balaban J connectivity index is 3.16.